The van der Waals surface area contributed by atoms with Crippen LogP contribution in [0, 0.1) is 0 Å². The van der Waals surface area contributed by atoms with Crippen molar-refractivity contribution >= 4 is 27.6 Å². The minimum absolute atomic E-state index is 0.0577. The number of nitrogen functional groups attached to an aromatic ring is 1. The second-order valence-electron chi connectivity index (χ2n) is 4.77. The Morgan fingerprint density at radius 1 is 1.37 bits per heavy atom. The van der Waals surface area contributed by atoms with Gasteiger partial charge >= 0.3 is 5.97 Å². The summed E-state index contributed by atoms with van der Waals surface area (Å²) in [6, 6.07) is 5.21. The first-order chi connectivity index (χ1) is 9.06. The Kier molecular flexibility index (Phi) is 6.92. The van der Waals surface area contributed by atoms with Gasteiger partial charge in [0.05, 0.1) is 16.1 Å². The number of unbranched alkanes of at least 4 members (excludes halogenated alkanes) is 3. The van der Waals surface area contributed by atoms with Crippen molar-refractivity contribution in [1.82, 2.24) is 0 Å². The molecule has 1 atom stereocenters. The molecule has 0 heterocycles. The van der Waals surface area contributed by atoms with Crippen LogP contribution in [0.1, 0.15) is 56.3 Å². The molecule has 0 aliphatic rings. The van der Waals surface area contributed by atoms with E-state index in [-0.39, 0.29) is 12.1 Å². The van der Waals surface area contributed by atoms with Crippen molar-refractivity contribution in [1.29, 1.82) is 0 Å². The minimum atomic E-state index is -0.317. The van der Waals surface area contributed by atoms with Crippen LogP contribution in [0.5, 0.6) is 0 Å². The summed E-state index contributed by atoms with van der Waals surface area (Å²) in [5, 5.41) is 0. The van der Waals surface area contributed by atoms with E-state index in [1.165, 1.54) is 19.3 Å². The van der Waals surface area contributed by atoms with Crippen LogP contribution in [-0.2, 0) is 4.74 Å². The summed E-state index contributed by atoms with van der Waals surface area (Å²) in [6.07, 6.45) is 5.59. The maximum atomic E-state index is 12.0. The highest BCUT2D eigenvalue weighted by Crippen LogP contribution is 2.25. The number of carbonyl (C=O) groups is 1. The topological polar surface area (TPSA) is 52.3 Å². The lowest BCUT2D eigenvalue weighted by Crippen LogP contribution is -2.15. The maximum Gasteiger partial charge on any atom is 0.339 e. The first-order valence-electron chi connectivity index (χ1n) is 6.81. The Morgan fingerprint density at radius 2 is 2.11 bits per heavy atom. The molecule has 0 aromatic heterocycles. The van der Waals surface area contributed by atoms with Gasteiger partial charge in [-0.2, -0.15) is 0 Å². The number of halogens is 1. The molecule has 0 saturated heterocycles. The third-order valence-electron chi connectivity index (χ3n) is 3.02. The Hall–Kier alpha value is -1.03. The fourth-order valence-corrected chi connectivity index (χ4v) is 2.30. The van der Waals surface area contributed by atoms with E-state index in [0.717, 1.165) is 12.8 Å². The summed E-state index contributed by atoms with van der Waals surface area (Å²) in [6.45, 7) is 4.12. The number of ether oxygens (including phenoxy) is 1. The average molecular weight is 328 g/mol. The molecule has 0 radical (unpaired) electrons. The zero-order valence-corrected chi connectivity index (χ0v) is 13.2. The predicted molar refractivity (Wildman–Crippen MR) is 82.2 cm³/mol. The fraction of sp³-hybridized carbons (Fsp3) is 0.533. The Morgan fingerprint density at radius 3 is 2.79 bits per heavy atom. The van der Waals surface area contributed by atoms with Crippen molar-refractivity contribution in [2.45, 2.75) is 52.1 Å². The van der Waals surface area contributed by atoms with E-state index in [2.05, 4.69) is 22.9 Å². The first-order valence-corrected chi connectivity index (χ1v) is 7.60. The summed E-state index contributed by atoms with van der Waals surface area (Å²) in [5.74, 6) is -0.317. The number of carbonyl (C=O) groups excluding carboxylic acids is 1. The summed E-state index contributed by atoms with van der Waals surface area (Å²) >= 11 is 3.32. The normalized spacial score (nSPS) is 12.2. The standard InChI is InChI=1S/C15H22BrNO2/c1-3-4-5-6-8-11(2)19-15(18)12-9-7-10-13(17)14(12)16/h7,9-11H,3-6,8,17H2,1-2H3. The van der Waals surface area contributed by atoms with Gasteiger partial charge in [0, 0.05) is 5.69 Å². The summed E-state index contributed by atoms with van der Waals surface area (Å²) < 4.78 is 6.04. The molecule has 2 N–H and O–H groups in total. The van der Waals surface area contributed by atoms with Gasteiger partial charge in [0.25, 0.3) is 0 Å². The lowest BCUT2D eigenvalue weighted by Gasteiger charge is -2.14. The number of hydrogen-bond acceptors (Lipinski definition) is 3. The molecule has 0 aliphatic heterocycles. The zero-order valence-electron chi connectivity index (χ0n) is 11.6. The second kappa shape index (κ2) is 8.20. The molecule has 1 aromatic rings. The maximum absolute atomic E-state index is 12.0. The van der Waals surface area contributed by atoms with Gasteiger partial charge in [-0.1, -0.05) is 32.3 Å². The second-order valence-corrected chi connectivity index (χ2v) is 5.57. The summed E-state index contributed by atoms with van der Waals surface area (Å²) in [5.41, 5.74) is 6.78. The van der Waals surface area contributed by atoms with Gasteiger partial charge < -0.3 is 10.5 Å². The molecule has 0 amide bonds. The largest absolute Gasteiger partial charge is 0.459 e. The van der Waals surface area contributed by atoms with E-state index in [9.17, 15) is 4.79 Å². The van der Waals surface area contributed by atoms with E-state index in [0.29, 0.717) is 15.7 Å². The van der Waals surface area contributed by atoms with Crippen molar-refractivity contribution < 1.29 is 9.53 Å². The lowest BCUT2D eigenvalue weighted by molar-refractivity contribution is 0.0318. The van der Waals surface area contributed by atoms with Crippen molar-refractivity contribution in [3.8, 4) is 0 Å². The molecular weight excluding hydrogens is 306 g/mol. The number of esters is 1. The first kappa shape index (κ1) is 16.0. The molecule has 0 aliphatic carbocycles. The predicted octanol–water partition coefficient (Wildman–Crippen LogP) is 4.55. The van der Waals surface area contributed by atoms with Gasteiger partial charge in [0.1, 0.15) is 0 Å². The fourth-order valence-electron chi connectivity index (χ4n) is 1.87. The number of hydrogen-bond donors (Lipinski definition) is 1. The van der Waals surface area contributed by atoms with Crippen molar-refractivity contribution in [2.24, 2.45) is 0 Å². The number of nitrogens with two attached hydrogens (primary N) is 1. The van der Waals surface area contributed by atoms with E-state index in [1.54, 1.807) is 18.2 Å². The van der Waals surface area contributed by atoms with Crippen molar-refractivity contribution in [2.75, 3.05) is 5.73 Å². The molecule has 1 unspecified atom stereocenters. The SMILES string of the molecule is CCCCCCC(C)OC(=O)c1cccc(N)c1Br. The van der Waals surface area contributed by atoms with Crippen LogP contribution >= 0.6 is 15.9 Å². The summed E-state index contributed by atoms with van der Waals surface area (Å²) in [7, 11) is 0. The van der Waals surface area contributed by atoms with Crippen LogP contribution in [0.4, 0.5) is 5.69 Å². The Labute approximate surface area is 123 Å². The van der Waals surface area contributed by atoms with Crippen molar-refractivity contribution in [3.05, 3.63) is 28.2 Å². The van der Waals surface area contributed by atoms with Crippen molar-refractivity contribution in [3.63, 3.8) is 0 Å². The van der Waals surface area contributed by atoms with Crippen LogP contribution < -0.4 is 5.73 Å². The number of rotatable bonds is 7. The minimum Gasteiger partial charge on any atom is -0.459 e. The molecule has 19 heavy (non-hydrogen) atoms. The molecule has 0 spiro atoms. The van der Waals surface area contributed by atoms with Crippen LogP contribution in [-0.4, -0.2) is 12.1 Å². The van der Waals surface area contributed by atoms with E-state index in [1.807, 2.05) is 6.92 Å². The number of benzene rings is 1. The highest BCUT2D eigenvalue weighted by Gasteiger charge is 2.15. The van der Waals surface area contributed by atoms with Crippen LogP contribution in [0.3, 0.4) is 0 Å². The van der Waals surface area contributed by atoms with Gasteiger partial charge in [-0.3, -0.25) is 0 Å². The van der Waals surface area contributed by atoms with Gasteiger partial charge in [-0.25, -0.2) is 4.79 Å². The highest BCUT2D eigenvalue weighted by atomic mass is 79.9. The molecule has 1 aromatic carbocycles. The molecule has 3 nitrogen and oxygen atoms in total. The third-order valence-corrected chi connectivity index (χ3v) is 3.91. The smallest absolute Gasteiger partial charge is 0.339 e. The van der Waals surface area contributed by atoms with E-state index in [4.69, 9.17) is 10.5 Å². The summed E-state index contributed by atoms with van der Waals surface area (Å²) in [4.78, 5) is 12.0. The molecular formula is C15H22BrNO2. The van der Waals surface area contributed by atoms with Crippen LogP contribution in [0.25, 0.3) is 0 Å². The van der Waals surface area contributed by atoms with E-state index < -0.39 is 0 Å². The van der Waals surface area contributed by atoms with Gasteiger partial charge in [0.15, 0.2) is 0 Å². The Bertz CT molecular complexity index is 421. The molecule has 0 saturated carbocycles. The number of anilines is 1. The van der Waals surface area contributed by atoms with Gasteiger partial charge in [0.2, 0.25) is 0 Å². The molecule has 0 bridgehead atoms. The lowest BCUT2D eigenvalue weighted by atomic mass is 10.1. The highest BCUT2D eigenvalue weighted by molar-refractivity contribution is 9.10. The Balaban J connectivity index is 2.48. The van der Waals surface area contributed by atoms with Crippen LogP contribution in [0.15, 0.2) is 22.7 Å². The average Bonchev–Trinajstić information content (AvgIpc) is 2.38. The molecule has 4 heteroatoms. The zero-order chi connectivity index (χ0) is 14.3. The van der Waals surface area contributed by atoms with Gasteiger partial charge in [-0.15, -0.1) is 0 Å². The molecule has 1 rings (SSSR count). The molecule has 106 valence electrons. The van der Waals surface area contributed by atoms with Gasteiger partial charge in [-0.05, 0) is 47.8 Å². The van der Waals surface area contributed by atoms with E-state index >= 15 is 0 Å². The molecule has 0 fully saturated rings. The quantitative estimate of drug-likeness (QED) is 0.454. The van der Waals surface area contributed by atoms with Crippen LogP contribution in [0.2, 0.25) is 0 Å². The monoisotopic (exact) mass is 327 g/mol. The third kappa shape index (κ3) is 5.23.